The molecule has 0 bridgehead atoms. The van der Waals surface area contributed by atoms with Gasteiger partial charge in [0, 0.05) is 18.8 Å². The molecule has 3 aromatic rings. The van der Waals surface area contributed by atoms with Crippen molar-refractivity contribution in [1.29, 1.82) is 0 Å². The van der Waals surface area contributed by atoms with E-state index < -0.39 is 0 Å². The van der Waals surface area contributed by atoms with Gasteiger partial charge in [-0.3, -0.25) is 9.67 Å². The maximum absolute atomic E-state index is 4.34. The number of fused-ring (bicyclic) bond motifs is 1. The van der Waals surface area contributed by atoms with E-state index >= 15 is 0 Å². The molecular formula is C10H9N5S. The first-order valence-corrected chi connectivity index (χ1v) is 5.64. The zero-order valence-corrected chi connectivity index (χ0v) is 9.69. The second-order valence-corrected chi connectivity index (χ2v) is 4.70. The minimum Gasteiger partial charge on any atom is -0.266 e. The average Bonchev–Trinajstić information content (AvgIpc) is 2.86. The van der Waals surface area contributed by atoms with Crippen molar-refractivity contribution in [2.45, 2.75) is 6.92 Å². The van der Waals surface area contributed by atoms with Crippen LogP contribution < -0.4 is 0 Å². The number of pyridine rings is 1. The highest BCUT2D eigenvalue weighted by atomic mass is 32.1. The van der Waals surface area contributed by atoms with Gasteiger partial charge >= 0.3 is 0 Å². The molecule has 80 valence electrons. The molecule has 6 heteroatoms. The van der Waals surface area contributed by atoms with Crippen LogP contribution in [0.2, 0.25) is 0 Å². The first-order valence-electron chi connectivity index (χ1n) is 4.82. The van der Waals surface area contributed by atoms with Crippen molar-refractivity contribution in [3.05, 3.63) is 23.5 Å². The molecule has 0 aliphatic rings. The maximum Gasteiger partial charge on any atom is 0.149 e. The van der Waals surface area contributed by atoms with E-state index in [9.17, 15) is 0 Å². The first kappa shape index (κ1) is 9.41. The van der Waals surface area contributed by atoms with Gasteiger partial charge < -0.3 is 0 Å². The molecule has 0 amide bonds. The van der Waals surface area contributed by atoms with E-state index in [4.69, 9.17) is 0 Å². The first-order chi connectivity index (χ1) is 7.74. The number of hydrogen-bond donors (Lipinski definition) is 0. The Kier molecular flexibility index (Phi) is 1.97. The maximum atomic E-state index is 4.34. The van der Waals surface area contributed by atoms with Gasteiger partial charge in [0.1, 0.15) is 15.5 Å². The summed E-state index contributed by atoms with van der Waals surface area (Å²) in [6, 6.07) is 2.04. The zero-order chi connectivity index (χ0) is 11.1. The molecule has 0 atom stereocenters. The van der Waals surface area contributed by atoms with Crippen LogP contribution in [0.25, 0.3) is 21.6 Å². The van der Waals surface area contributed by atoms with Gasteiger partial charge in [-0.2, -0.15) is 5.10 Å². The van der Waals surface area contributed by atoms with Crippen LogP contribution in [0.3, 0.4) is 0 Å². The fraction of sp³-hybridized carbons (Fsp3) is 0.200. The lowest BCUT2D eigenvalue weighted by molar-refractivity contribution is 0.797. The van der Waals surface area contributed by atoms with E-state index in [-0.39, 0.29) is 0 Å². The van der Waals surface area contributed by atoms with E-state index in [1.54, 1.807) is 22.2 Å². The second-order valence-electron chi connectivity index (χ2n) is 3.52. The minimum absolute atomic E-state index is 0.896. The largest absolute Gasteiger partial charge is 0.266 e. The molecule has 3 heterocycles. The number of rotatable bonds is 1. The number of hydrogen-bond acceptors (Lipinski definition) is 5. The molecule has 0 unspecified atom stereocenters. The van der Waals surface area contributed by atoms with Crippen molar-refractivity contribution >= 4 is 22.4 Å². The van der Waals surface area contributed by atoms with Crippen molar-refractivity contribution in [3.63, 3.8) is 0 Å². The van der Waals surface area contributed by atoms with Crippen molar-refractivity contribution in [3.8, 4) is 10.6 Å². The van der Waals surface area contributed by atoms with Crippen LogP contribution >= 0.6 is 11.3 Å². The summed E-state index contributed by atoms with van der Waals surface area (Å²) in [6.07, 6.45) is 3.56. The molecule has 16 heavy (non-hydrogen) atoms. The lowest BCUT2D eigenvalue weighted by atomic mass is 10.2. The Hall–Kier alpha value is -1.82. The molecule has 0 fully saturated rings. The summed E-state index contributed by atoms with van der Waals surface area (Å²) in [6.45, 7) is 1.94. The van der Waals surface area contributed by atoms with Gasteiger partial charge in [-0.25, -0.2) is 0 Å². The van der Waals surface area contributed by atoms with Gasteiger partial charge in [-0.15, -0.1) is 10.2 Å². The summed E-state index contributed by atoms with van der Waals surface area (Å²) in [5.41, 5.74) is 2.89. The van der Waals surface area contributed by atoms with Crippen molar-refractivity contribution in [1.82, 2.24) is 25.0 Å². The quantitative estimate of drug-likeness (QED) is 0.640. The lowest BCUT2D eigenvalue weighted by Gasteiger charge is -1.96. The summed E-state index contributed by atoms with van der Waals surface area (Å²) in [7, 11) is 1.90. The van der Waals surface area contributed by atoms with Gasteiger partial charge in [0.15, 0.2) is 0 Å². The van der Waals surface area contributed by atoms with Crippen LogP contribution in [0.1, 0.15) is 5.01 Å². The summed E-state index contributed by atoms with van der Waals surface area (Å²) in [5, 5.41) is 14.1. The Morgan fingerprint density at radius 3 is 2.88 bits per heavy atom. The van der Waals surface area contributed by atoms with Gasteiger partial charge in [0.25, 0.3) is 0 Å². The Labute approximate surface area is 95.8 Å². The summed E-state index contributed by atoms with van der Waals surface area (Å²) in [5.74, 6) is 0. The second kappa shape index (κ2) is 3.34. The van der Waals surface area contributed by atoms with E-state index in [1.807, 2.05) is 26.2 Å². The Morgan fingerprint density at radius 1 is 1.25 bits per heavy atom. The number of aromatic nitrogens is 5. The van der Waals surface area contributed by atoms with E-state index in [2.05, 4.69) is 20.3 Å². The molecule has 3 aromatic heterocycles. The molecule has 0 aliphatic heterocycles. The zero-order valence-electron chi connectivity index (χ0n) is 8.88. The fourth-order valence-electron chi connectivity index (χ4n) is 1.56. The van der Waals surface area contributed by atoms with E-state index in [1.165, 1.54) is 0 Å². The third-order valence-electron chi connectivity index (χ3n) is 2.37. The summed E-state index contributed by atoms with van der Waals surface area (Å²) < 4.78 is 1.81. The van der Waals surface area contributed by atoms with Crippen molar-refractivity contribution in [2.24, 2.45) is 7.05 Å². The van der Waals surface area contributed by atoms with Gasteiger partial charge in [0.05, 0.1) is 11.7 Å². The number of nitrogens with zero attached hydrogens (tertiary/aromatic N) is 5. The van der Waals surface area contributed by atoms with Crippen LogP contribution in [0.4, 0.5) is 0 Å². The Bertz CT molecular complexity index is 654. The molecule has 3 rings (SSSR count). The third-order valence-corrected chi connectivity index (χ3v) is 3.26. The third kappa shape index (κ3) is 1.38. The van der Waals surface area contributed by atoms with E-state index in [0.29, 0.717) is 0 Å². The smallest absolute Gasteiger partial charge is 0.149 e. The molecule has 0 aromatic carbocycles. The minimum atomic E-state index is 0.896. The van der Waals surface area contributed by atoms with Gasteiger partial charge in [-0.05, 0) is 13.0 Å². The Balaban J connectivity index is 2.21. The molecule has 0 spiro atoms. The highest BCUT2D eigenvalue weighted by molar-refractivity contribution is 7.14. The normalized spacial score (nSPS) is 11.1. The van der Waals surface area contributed by atoms with Crippen LogP contribution in [0.15, 0.2) is 18.5 Å². The van der Waals surface area contributed by atoms with Crippen LogP contribution in [-0.2, 0) is 7.05 Å². The van der Waals surface area contributed by atoms with Crippen LogP contribution in [-0.4, -0.2) is 25.0 Å². The summed E-state index contributed by atoms with van der Waals surface area (Å²) >= 11 is 1.57. The molecule has 0 radical (unpaired) electrons. The predicted octanol–water partition coefficient (Wildman–Crippen LogP) is 1.80. The Morgan fingerprint density at radius 2 is 2.12 bits per heavy atom. The van der Waals surface area contributed by atoms with Crippen LogP contribution in [0.5, 0.6) is 0 Å². The molecule has 0 aliphatic carbocycles. The van der Waals surface area contributed by atoms with E-state index in [0.717, 1.165) is 26.6 Å². The molecular weight excluding hydrogens is 222 g/mol. The topological polar surface area (TPSA) is 56.5 Å². The lowest BCUT2D eigenvalue weighted by Crippen LogP contribution is -1.89. The average molecular weight is 231 g/mol. The summed E-state index contributed by atoms with van der Waals surface area (Å²) in [4.78, 5) is 4.34. The molecule has 0 N–H and O–H groups in total. The van der Waals surface area contributed by atoms with Crippen molar-refractivity contribution in [2.75, 3.05) is 0 Å². The highest BCUT2D eigenvalue weighted by Crippen LogP contribution is 2.24. The van der Waals surface area contributed by atoms with Gasteiger partial charge in [-0.1, -0.05) is 11.3 Å². The SMILES string of the molecule is Cc1nnc(-c2cnc3cnn(C)c3c2)s1. The molecule has 0 saturated carbocycles. The highest BCUT2D eigenvalue weighted by Gasteiger charge is 2.07. The van der Waals surface area contributed by atoms with Crippen LogP contribution in [0, 0.1) is 6.92 Å². The van der Waals surface area contributed by atoms with Crippen molar-refractivity contribution < 1.29 is 0 Å². The standard InChI is InChI=1S/C10H9N5S/c1-6-13-14-10(16-6)7-3-9-8(11-4-7)5-12-15(9)2/h3-5H,1-2H3. The fourth-order valence-corrected chi connectivity index (χ4v) is 2.23. The molecule has 0 saturated heterocycles. The molecule has 5 nitrogen and oxygen atoms in total. The predicted molar refractivity (Wildman–Crippen MR) is 62.1 cm³/mol. The number of aryl methyl sites for hydroxylation is 2. The monoisotopic (exact) mass is 231 g/mol. The van der Waals surface area contributed by atoms with Gasteiger partial charge in [0.2, 0.25) is 0 Å².